The summed E-state index contributed by atoms with van der Waals surface area (Å²) < 4.78 is 61.8. The minimum Gasteiger partial charge on any atom is -0.488 e. The van der Waals surface area contributed by atoms with Gasteiger partial charge < -0.3 is 9.84 Å². The second kappa shape index (κ2) is 8.39. The molecule has 1 unspecified atom stereocenters. The van der Waals surface area contributed by atoms with Gasteiger partial charge in [0.2, 0.25) is 5.60 Å². The molecule has 0 saturated heterocycles. The lowest BCUT2D eigenvalue weighted by molar-refractivity contribution is -0.275. The zero-order valence-corrected chi connectivity index (χ0v) is 17.4. The molecule has 3 aromatic carbocycles. The van der Waals surface area contributed by atoms with Gasteiger partial charge >= 0.3 is 6.18 Å². The fourth-order valence-electron chi connectivity index (χ4n) is 3.30. The van der Waals surface area contributed by atoms with E-state index in [1.165, 1.54) is 59.4 Å². The minimum atomic E-state index is -5.09. The molecule has 1 aromatic heterocycles. The average Bonchev–Trinajstić information content (AvgIpc) is 3.21. The van der Waals surface area contributed by atoms with Crippen LogP contribution in [0.3, 0.4) is 0 Å². The largest absolute Gasteiger partial charge is 0.488 e. The Hall–Kier alpha value is -3.61. The third kappa shape index (κ3) is 4.23. The normalized spacial score (nSPS) is 13.5. The minimum absolute atomic E-state index is 0.0666. The average molecular weight is 476 g/mol. The van der Waals surface area contributed by atoms with Gasteiger partial charge in [0.05, 0.1) is 23.0 Å². The molecule has 0 amide bonds. The zero-order chi connectivity index (χ0) is 23.8. The van der Waals surface area contributed by atoms with Crippen molar-refractivity contribution in [2.75, 3.05) is 6.61 Å². The van der Waals surface area contributed by atoms with Gasteiger partial charge in [0, 0.05) is 10.4 Å². The number of hydrogen-bond donors (Lipinski definition) is 1. The molecule has 0 radical (unpaired) electrons. The van der Waals surface area contributed by atoms with Crippen LogP contribution >= 0.6 is 11.6 Å². The number of aliphatic hydroxyl groups is 1. The Morgan fingerprint density at radius 2 is 1.79 bits per heavy atom. The standard InChI is InChI=1S/C23H14ClF4N3O2/c24-17-2-8-21(14(10-17)11-29)33-13-22(32,23(26,27)28)16-1-7-20-15(9-16)12-30-31(20)19-5-3-18(25)4-6-19/h1-10,12,32H,13H2. The number of ether oxygens (including phenoxy) is 1. The molecule has 0 bridgehead atoms. The maximum absolute atomic E-state index is 14.0. The van der Waals surface area contributed by atoms with Crippen molar-refractivity contribution >= 4 is 22.5 Å². The monoisotopic (exact) mass is 475 g/mol. The molecule has 1 N–H and O–H groups in total. The third-order valence-electron chi connectivity index (χ3n) is 5.08. The van der Waals surface area contributed by atoms with Gasteiger partial charge in [0.15, 0.2) is 0 Å². The number of aromatic nitrogens is 2. The first-order valence-corrected chi connectivity index (χ1v) is 9.86. The molecule has 33 heavy (non-hydrogen) atoms. The van der Waals surface area contributed by atoms with Crippen molar-refractivity contribution < 1.29 is 27.4 Å². The summed E-state index contributed by atoms with van der Waals surface area (Å²) >= 11 is 5.80. The van der Waals surface area contributed by atoms with Crippen LogP contribution in [-0.4, -0.2) is 27.7 Å². The summed E-state index contributed by atoms with van der Waals surface area (Å²) in [5.74, 6) is -0.581. The summed E-state index contributed by atoms with van der Waals surface area (Å²) in [5, 5.41) is 24.6. The van der Waals surface area contributed by atoms with Crippen molar-refractivity contribution in [1.29, 1.82) is 5.26 Å². The molecule has 168 valence electrons. The van der Waals surface area contributed by atoms with Gasteiger partial charge in [-0.2, -0.15) is 23.5 Å². The highest BCUT2D eigenvalue weighted by molar-refractivity contribution is 6.30. The maximum Gasteiger partial charge on any atom is 0.424 e. The molecule has 5 nitrogen and oxygen atoms in total. The van der Waals surface area contributed by atoms with Gasteiger partial charge in [-0.3, -0.25) is 0 Å². The number of rotatable bonds is 5. The Morgan fingerprint density at radius 1 is 1.06 bits per heavy atom. The summed E-state index contributed by atoms with van der Waals surface area (Å²) in [6, 6.07) is 14.8. The molecule has 1 atom stereocenters. The van der Waals surface area contributed by atoms with Gasteiger partial charge in [-0.1, -0.05) is 17.7 Å². The molecule has 1 heterocycles. The van der Waals surface area contributed by atoms with E-state index in [0.29, 0.717) is 16.6 Å². The molecular weight excluding hydrogens is 462 g/mol. The number of nitriles is 1. The predicted octanol–water partition coefficient (Wildman–Crippen LogP) is 5.52. The second-order valence-corrected chi connectivity index (χ2v) is 7.64. The smallest absolute Gasteiger partial charge is 0.424 e. The molecule has 0 aliphatic rings. The van der Waals surface area contributed by atoms with Crippen LogP contribution in [0.15, 0.2) is 66.9 Å². The van der Waals surface area contributed by atoms with Crippen LogP contribution in [0, 0.1) is 17.1 Å². The molecular formula is C23H14ClF4N3O2. The lowest BCUT2D eigenvalue weighted by atomic mass is 9.93. The van der Waals surface area contributed by atoms with E-state index >= 15 is 0 Å². The van der Waals surface area contributed by atoms with Crippen LogP contribution in [0.1, 0.15) is 11.1 Å². The summed E-state index contributed by atoms with van der Waals surface area (Å²) in [5.41, 5.74) is -2.93. The van der Waals surface area contributed by atoms with Crippen LogP contribution < -0.4 is 4.74 Å². The number of halogens is 5. The van der Waals surface area contributed by atoms with Crippen molar-refractivity contribution in [3.8, 4) is 17.5 Å². The quantitative estimate of drug-likeness (QED) is 0.386. The van der Waals surface area contributed by atoms with Gasteiger partial charge in [0.25, 0.3) is 0 Å². The van der Waals surface area contributed by atoms with Crippen LogP contribution in [-0.2, 0) is 5.60 Å². The Kier molecular flexibility index (Phi) is 5.74. The van der Waals surface area contributed by atoms with Crippen molar-refractivity contribution in [3.05, 3.63) is 88.8 Å². The fourth-order valence-corrected chi connectivity index (χ4v) is 3.48. The summed E-state index contributed by atoms with van der Waals surface area (Å²) in [7, 11) is 0. The van der Waals surface area contributed by atoms with Crippen LogP contribution in [0.25, 0.3) is 16.6 Å². The van der Waals surface area contributed by atoms with E-state index < -0.39 is 29.8 Å². The Balaban J connectivity index is 1.71. The number of fused-ring (bicyclic) bond motifs is 1. The highest BCUT2D eigenvalue weighted by Gasteiger charge is 2.56. The first-order chi connectivity index (χ1) is 15.6. The number of nitrogens with zero attached hydrogens (tertiary/aromatic N) is 3. The Labute approximate surface area is 190 Å². The van der Waals surface area contributed by atoms with Crippen LogP contribution in [0.4, 0.5) is 17.6 Å². The Morgan fingerprint density at radius 3 is 2.45 bits per heavy atom. The first kappa shape index (κ1) is 22.6. The van der Waals surface area contributed by atoms with E-state index in [9.17, 15) is 27.9 Å². The SMILES string of the molecule is N#Cc1cc(Cl)ccc1OCC(O)(c1ccc2c(cnn2-c2ccc(F)cc2)c1)C(F)(F)F. The third-order valence-corrected chi connectivity index (χ3v) is 5.32. The fraction of sp³-hybridized carbons (Fsp3) is 0.130. The molecule has 4 rings (SSSR count). The van der Waals surface area contributed by atoms with Crippen molar-refractivity contribution in [2.45, 2.75) is 11.8 Å². The van der Waals surface area contributed by atoms with Gasteiger partial charge in [-0.05, 0) is 60.2 Å². The summed E-state index contributed by atoms with van der Waals surface area (Å²) in [4.78, 5) is 0. The molecule has 0 aliphatic heterocycles. The molecule has 0 aliphatic carbocycles. The number of alkyl halides is 3. The van der Waals surface area contributed by atoms with Crippen molar-refractivity contribution in [1.82, 2.24) is 9.78 Å². The van der Waals surface area contributed by atoms with E-state index in [1.807, 2.05) is 0 Å². The highest BCUT2D eigenvalue weighted by atomic mass is 35.5. The maximum atomic E-state index is 14.0. The molecule has 0 fully saturated rings. The molecule has 0 spiro atoms. The van der Waals surface area contributed by atoms with Crippen LogP contribution in [0.2, 0.25) is 5.02 Å². The van der Waals surface area contributed by atoms with Gasteiger partial charge in [0.1, 0.15) is 24.2 Å². The van der Waals surface area contributed by atoms with E-state index in [2.05, 4.69) is 5.10 Å². The second-order valence-electron chi connectivity index (χ2n) is 7.21. The summed E-state index contributed by atoms with van der Waals surface area (Å²) in [6.07, 6.45) is -3.75. The topological polar surface area (TPSA) is 71.1 Å². The summed E-state index contributed by atoms with van der Waals surface area (Å²) in [6.45, 7) is -1.19. The first-order valence-electron chi connectivity index (χ1n) is 9.48. The van der Waals surface area contributed by atoms with Gasteiger partial charge in [-0.25, -0.2) is 9.07 Å². The number of benzene rings is 3. The number of hydrogen-bond acceptors (Lipinski definition) is 4. The van der Waals surface area contributed by atoms with E-state index in [1.54, 1.807) is 6.07 Å². The predicted molar refractivity (Wildman–Crippen MR) is 113 cm³/mol. The lowest BCUT2D eigenvalue weighted by Gasteiger charge is -2.31. The van der Waals surface area contributed by atoms with Crippen LogP contribution in [0.5, 0.6) is 5.75 Å². The van der Waals surface area contributed by atoms with E-state index in [4.69, 9.17) is 16.3 Å². The Bertz CT molecular complexity index is 1360. The van der Waals surface area contributed by atoms with E-state index in [0.717, 1.165) is 12.1 Å². The lowest BCUT2D eigenvalue weighted by Crippen LogP contribution is -2.47. The molecule has 10 heteroatoms. The molecule has 0 saturated carbocycles. The van der Waals surface area contributed by atoms with E-state index in [-0.39, 0.29) is 16.3 Å². The zero-order valence-electron chi connectivity index (χ0n) is 16.6. The molecule has 4 aromatic rings. The highest BCUT2D eigenvalue weighted by Crippen LogP contribution is 2.41. The van der Waals surface area contributed by atoms with Crippen molar-refractivity contribution in [3.63, 3.8) is 0 Å². The van der Waals surface area contributed by atoms with Gasteiger partial charge in [-0.15, -0.1) is 0 Å². The van der Waals surface area contributed by atoms with Crippen molar-refractivity contribution in [2.24, 2.45) is 0 Å².